The van der Waals surface area contributed by atoms with Crippen molar-refractivity contribution < 1.29 is 32.3 Å². The zero-order chi connectivity index (χ0) is 21.7. The summed E-state index contributed by atoms with van der Waals surface area (Å²) in [6.07, 6.45) is 0. The maximum atomic E-state index is 12.5. The number of carbonyl (C=O) groups is 3. The Hall–Kier alpha value is -2.50. The molecular weight excluding hydrogens is 402 g/mol. The van der Waals surface area contributed by atoms with Crippen molar-refractivity contribution in [1.29, 1.82) is 0 Å². The van der Waals surface area contributed by atoms with E-state index >= 15 is 0 Å². The summed E-state index contributed by atoms with van der Waals surface area (Å²) in [6.45, 7) is 5.80. The lowest BCUT2D eigenvalue weighted by atomic mass is 10.1. The molecule has 1 fully saturated rings. The smallest absolute Gasteiger partial charge is 0.338 e. The number of rotatable bonds is 5. The van der Waals surface area contributed by atoms with Crippen LogP contribution in [0.5, 0.6) is 0 Å². The highest BCUT2D eigenvalue weighted by Crippen LogP contribution is 2.18. The maximum Gasteiger partial charge on any atom is 0.338 e. The maximum absolute atomic E-state index is 12.5. The van der Waals surface area contributed by atoms with Crippen molar-refractivity contribution in [3.8, 4) is 0 Å². The largest absolute Gasteiger partial charge is 0.452 e. The van der Waals surface area contributed by atoms with Gasteiger partial charge in [0.15, 0.2) is 6.61 Å². The zero-order valence-electron chi connectivity index (χ0n) is 16.6. The average molecular weight is 427 g/mol. The van der Waals surface area contributed by atoms with Crippen molar-refractivity contribution in [2.75, 3.05) is 32.9 Å². The molecule has 1 aliphatic heterocycles. The van der Waals surface area contributed by atoms with E-state index in [0.717, 1.165) is 0 Å². The minimum atomic E-state index is -3.67. The third-order valence-corrected chi connectivity index (χ3v) is 5.69. The Morgan fingerprint density at radius 1 is 1.10 bits per heavy atom. The molecule has 11 heteroatoms. The van der Waals surface area contributed by atoms with Gasteiger partial charge in [-0.3, -0.25) is 10.1 Å². The van der Waals surface area contributed by atoms with Crippen LogP contribution in [-0.4, -0.2) is 69.1 Å². The third kappa shape index (κ3) is 6.80. The number of nitrogens with zero attached hydrogens (tertiary/aromatic N) is 1. The molecule has 2 N–H and O–H groups in total. The summed E-state index contributed by atoms with van der Waals surface area (Å²) in [5.41, 5.74) is -0.442. The molecule has 29 heavy (non-hydrogen) atoms. The summed E-state index contributed by atoms with van der Waals surface area (Å²) in [5.74, 6) is -1.60. The van der Waals surface area contributed by atoms with E-state index in [2.05, 4.69) is 5.32 Å². The number of hydrogen-bond donors (Lipinski definition) is 2. The number of nitrogens with one attached hydrogen (secondary N) is 2. The van der Waals surface area contributed by atoms with Gasteiger partial charge >= 0.3 is 12.0 Å². The number of morpholine rings is 1. The van der Waals surface area contributed by atoms with E-state index in [4.69, 9.17) is 9.47 Å². The molecule has 10 nitrogen and oxygen atoms in total. The van der Waals surface area contributed by atoms with Crippen LogP contribution in [0.3, 0.4) is 0 Å². The second kappa shape index (κ2) is 9.33. The van der Waals surface area contributed by atoms with Crippen molar-refractivity contribution in [1.82, 2.24) is 14.9 Å². The standard InChI is InChI=1S/C18H25N3O7S/c1-18(2,3)20-17(24)19-15(22)12-28-16(23)13-4-6-14(7-5-13)29(25,26)21-8-10-27-11-9-21/h4-7H,8-12H2,1-3H3,(H2,19,20,22,24). The number of benzene rings is 1. The number of esters is 1. The molecule has 2 rings (SSSR count). The van der Waals surface area contributed by atoms with Crippen LogP contribution < -0.4 is 10.6 Å². The first-order valence-electron chi connectivity index (χ1n) is 8.96. The molecule has 0 radical (unpaired) electrons. The van der Waals surface area contributed by atoms with E-state index < -0.39 is 40.1 Å². The highest BCUT2D eigenvalue weighted by atomic mass is 32.2. The molecule has 0 bridgehead atoms. The molecule has 1 aliphatic rings. The molecular formula is C18H25N3O7S. The van der Waals surface area contributed by atoms with E-state index in [-0.39, 0.29) is 23.5 Å². The normalized spacial score (nSPS) is 15.4. The molecule has 0 aromatic heterocycles. The van der Waals surface area contributed by atoms with Gasteiger partial charge in [0.25, 0.3) is 5.91 Å². The number of imide groups is 1. The molecule has 3 amide bonds. The topological polar surface area (TPSA) is 131 Å². The second-order valence-corrected chi connectivity index (χ2v) is 9.31. The van der Waals surface area contributed by atoms with Gasteiger partial charge in [0.05, 0.1) is 23.7 Å². The molecule has 0 aliphatic carbocycles. The van der Waals surface area contributed by atoms with Gasteiger partial charge in [0.1, 0.15) is 0 Å². The van der Waals surface area contributed by atoms with E-state index in [1.165, 1.54) is 28.6 Å². The van der Waals surface area contributed by atoms with Crippen molar-refractivity contribution >= 4 is 27.9 Å². The molecule has 1 aromatic carbocycles. The summed E-state index contributed by atoms with van der Waals surface area (Å²) in [7, 11) is -3.67. The van der Waals surface area contributed by atoms with Crippen LogP contribution in [0.15, 0.2) is 29.2 Å². The Morgan fingerprint density at radius 3 is 2.24 bits per heavy atom. The Kier molecular flexibility index (Phi) is 7.33. The zero-order valence-corrected chi connectivity index (χ0v) is 17.4. The lowest BCUT2D eigenvalue weighted by Crippen LogP contribution is -2.49. The van der Waals surface area contributed by atoms with E-state index in [0.29, 0.717) is 13.2 Å². The predicted octanol–water partition coefficient (Wildman–Crippen LogP) is 0.489. The molecule has 0 spiro atoms. The minimum Gasteiger partial charge on any atom is -0.452 e. The number of sulfonamides is 1. The monoisotopic (exact) mass is 427 g/mol. The first-order valence-corrected chi connectivity index (χ1v) is 10.4. The number of amides is 3. The molecule has 1 heterocycles. The number of urea groups is 1. The molecule has 1 saturated heterocycles. The van der Waals surface area contributed by atoms with Crippen LogP contribution >= 0.6 is 0 Å². The first-order chi connectivity index (χ1) is 13.5. The first kappa shape index (κ1) is 22.8. The van der Waals surface area contributed by atoms with Gasteiger partial charge < -0.3 is 14.8 Å². The highest BCUT2D eigenvalue weighted by molar-refractivity contribution is 7.89. The van der Waals surface area contributed by atoms with E-state index in [1.807, 2.05) is 5.32 Å². The molecule has 1 aromatic rings. The van der Waals surface area contributed by atoms with Gasteiger partial charge in [-0.15, -0.1) is 0 Å². The second-order valence-electron chi connectivity index (χ2n) is 7.37. The molecule has 0 atom stereocenters. The van der Waals surface area contributed by atoms with Crippen LogP contribution in [0.4, 0.5) is 4.79 Å². The van der Waals surface area contributed by atoms with Crippen LogP contribution in [0.2, 0.25) is 0 Å². The van der Waals surface area contributed by atoms with Gasteiger partial charge in [0, 0.05) is 18.6 Å². The van der Waals surface area contributed by atoms with Crippen molar-refractivity contribution in [2.45, 2.75) is 31.2 Å². The average Bonchev–Trinajstić information content (AvgIpc) is 2.65. The molecule has 0 saturated carbocycles. The Balaban J connectivity index is 1.90. The Morgan fingerprint density at radius 2 is 1.69 bits per heavy atom. The summed E-state index contributed by atoms with van der Waals surface area (Å²) < 4.78 is 36.4. The Bertz CT molecular complexity index is 854. The SMILES string of the molecule is CC(C)(C)NC(=O)NC(=O)COC(=O)c1ccc(S(=O)(=O)N2CCOCC2)cc1. The van der Waals surface area contributed by atoms with Gasteiger partial charge in [-0.05, 0) is 45.0 Å². The summed E-state index contributed by atoms with van der Waals surface area (Å²) in [4.78, 5) is 35.4. The number of ether oxygens (including phenoxy) is 2. The van der Waals surface area contributed by atoms with Gasteiger partial charge in [-0.25, -0.2) is 18.0 Å². The highest BCUT2D eigenvalue weighted by Gasteiger charge is 2.26. The summed E-state index contributed by atoms with van der Waals surface area (Å²) >= 11 is 0. The quantitative estimate of drug-likeness (QED) is 0.654. The summed E-state index contributed by atoms with van der Waals surface area (Å²) in [6, 6.07) is 4.52. The number of carbonyl (C=O) groups excluding carboxylic acids is 3. The molecule has 160 valence electrons. The minimum absolute atomic E-state index is 0.0487. The fraction of sp³-hybridized carbons (Fsp3) is 0.500. The van der Waals surface area contributed by atoms with Crippen LogP contribution in [0.25, 0.3) is 0 Å². The molecule has 0 unspecified atom stereocenters. The van der Waals surface area contributed by atoms with Gasteiger partial charge in [-0.2, -0.15) is 4.31 Å². The van der Waals surface area contributed by atoms with E-state index in [9.17, 15) is 22.8 Å². The lowest BCUT2D eigenvalue weighted by molar-refractivity contribution is -0.123. The van der Waals surface area contributed by atoms with Crippen molar-refractivity contribution in [3.63, 3.8) is 0 Å². The fourth-order valence-corrected chi connectivity index (χ4v) is 3.86. The van der Waals surface area contributed by atoms with Crippen molar-refractivity contribution in [3.05, 3.63) is 29.8 Å². The third-order valence-electron chi connectivity index (χ3n) is 3.77. The van der Waals surface area contributed by atoms with Crippen LogP contribution in [0.1, 0.15) is 31.1 Å². The summed E-state index contributed by atoms with van der Waals surface area (Å²) in [5, 5.41) is 4.58. The predicted molar refractivity (Wildman–Crippen MR) is 103 cm³/mol. The Labute approximate surface area is 169 Å². The van der Waals surface area contributed by atoms with Crippen molar-refractivity contribution in [2.24, 2.45) is 0 Å². The van der Waals surface area contributed by atoms with Crippen LogP contribution in [-0.2, 0) is 24.3 Å². The van der Waals surface area contributed by atoms with Gasteiger partial charge in [-0.1, -0.05) is 0 Å². The number of hydrogen-bond acceptors (Lipinski definition) is 7. The van der Waals surface area contributed by atoms with Gasteiger partial charge in [0.2, 0.25) is 10.0 Å². The van der Waals surface area contributed by atoms with E-state index in [1.54, 1.807) is 20.8 Å². The lowest BCUT2D eigenvalue weighted by Gasteiger charge is -2.26. The fourth-order valence-electron chi connectivity index (χ4n) is 2.45. The van der Waals surface area contributed by atoms with Crippen LogP contribution in [0, 0.1) is 0 Å².